The Hall–Kier alpha value is -1.82. The van der Waals surface area contributed by atoms with E-state index in [0.717, 1.165) is 4.47 Å². The molecule has 0 aliphatic carbocycles. The van der Waals surface area contributed by atoms with E-state index in [9.17, 15) is 4.79 Å². The zero-order valence-corrected chi connectivity index (χ0v) is 11.8. The summed E-state index contributed by atoms with van der Waals surface area (Å²) in [5, 5.41) is 3.61. The SMILES string of the molecule is Cc1cc(C(=O)OCCOc2cccc(Br)c2)on1. The van der Waals surface area contributed by atoms with E-state index in [1.54, 1.807) is 6.92 Å². The number of ether oxygens (including phenoxy) is 2. The van der Waals surface area contributed by atoms with Crippen LogP contribution < -0.4 is 4.74 Å². The van der Waals surface area contributed by atoms with Crippen LogP contribution in [0.2, 0.25) is 0 Å². The normalized spacial score (nSPS) is 10.2. The predicted octanol–water partition coefficient (Wildman–Crippen LogP) is 2.98. The zero-order chi connectivity index (χ0) is 13.7. The van der Waals surface area contributed by atoms with Crippen molar-refractivity contribution in [2.75, 3.05) is 13.2 Å². The van der Waals surface area contributed by atoms with Gasteiger partial charge < -0.3 is 14.0 Å². The highest BCUT2D eigenvalue weighted by Gasteiger charge is 2.12. The Morgan fingerprint density at radius 2 is 2.21 bits per heavy atom. The van der Waals surface area contributed by atoms with Crippen molar-refractivity contribution in [3.8, 4) is 5.75 Å². The Bertz CT molecular complexity index is 567. The molecule has 19 heavy (non-hydrogen) atoms. The molecule has 0 saturated heterocycles. The van der Waals surface area contributed by atoms with Gasteiger partial charge in [-0.2, -0.15) is 0 Å². The lowest BCUT2D eigenvalue weighted by atomic mass is 10.3. The van der Waals surface area contributed by atoms with E-state index in [1.807, 2.05) is 24.3 Å². The summed E-state index contributed by atoms with van der Waals surface area (Å²) in [5.41, 5.74) is 0.636. The quantitative estimate of drug-likeness (QED) is 0.624. The summed E-state index contributed by atoms with van der Waals surface area (Å²) in [6.07, 6.45) is 0. The number of hydrogen-bond acceptors (Lipinski definition) is 5. The molecule has 2 rings (SSSR count). The highest BCUT2D eigenvalue weighted by atomic mass is 79.9. The molecule has 0 saturated carbocycles. The lowest BCUT2D eigenvalue weighted by Crippen LogP contribution is -2.11. The van der Waals surface area contributed by atoms with Gasteiger partial charge in [0.2, 0.25) is 5.76 Å². The maximum Gasteiger partial charge on any atom is 0.377 e. The third-order valence-corrected chi connectivity index (χ3v) is 2.70. The molecule has 0 N–H and O–H groups in total. The molecule has 1 aromatic carbocycles. The Morgan fingerprint density at radius 1 is 1.37 bits per heavy atom. The lowest BCUT2D eigenvalue weighted by Gasteiger charge is -2.06. The van der Waals surface area contributed by atoms with Crippen LogP contribution in [-0.4, -0.2) is 24.3 Å². The minimum absolute atomic E-state index is 0.0972. The van der Waals surface area contributed by atoms with Gasteiger partial charge in [-0.15, -0.1) is 0 Å². The van der Waals surface area contributed by atoms with Gasteiger partial charge in [-0.25, -0.2) is 4.79 Å². The third-order valence-electron chi connectivity index (χ3n) is 2.21. The molecule has 0 amide bonds. The largest absolute Gasteiger partial charge is 0.490 e. The van der Waals surface area contributed by atoms with Crippen LogP contribution in [0.25, 0.3) is 0 Å². The van der Waals surface area contributed by atoms with Crippen molar-refractivity contribution < 1.29 is 18.8 Å². The summed E-state index contributed by atoms with van der Waals surface area (Å²) in [4.78, 5) is 11.5. The number of aromatic nitrogens is 1. The van der Waals surface area contributed by atoms with Gasteiger partial charge in [-0.05, 0) is 25.1 Å². The number of aryl methyl sites for hydroxylation is 1. The fraction of sp³-hybridized carbons (Fsp3) is 0.231. The smallest absolute Gasteiger partial charge is 0.377 e. The van der Waals surface area contributed by atoms with Crippen LogP contribution in [0.5, 0.6) is 5.75 Å². The van der Waals surface area contributed by atoms with E-state index in [0.29, 0.717) is 11.4 Å². The first-order valence-electron chi connectivity index (χ1n) is 5.64. The standard InChI is InChI=1S/C13H12BrNO4/c1-9-7-12(19-15-9)13(16)18-6-5-17-11-4-2-3-10(14)8-11/h2-4,7-8H,5-6H2,1H3. The van der Waals surface area contributed by atoms with Crippen LogP contribution in [0.3, 0.4) is 0 Å². The highest BCUT2D eigenvalue weighted by molar-refractivity contribution is 9.10. The molecule has 0 radical (unpaired) electrons. The molecule has 0 spiro atoms. The minimum Gasteiger partial charge on any atom is -0.490 e. The van der Waals surface area contributed by atoms with Gasteiger partial charge in [-0.3, -0.25) is 0 Å². The van der Waals surface area contributed by atoms with Crippen LogP contribution >= 0.6 is 15.9 Å². The molecule has 5 nitrogen and oxygen atoms in total. The summed E-state index contributed by atoms with van der Waals surface area (Å²) >= 11 is 3.34. The Labute approximate surface area is 118 Å². The van der Waals surface area contributed by atoms with Gasteiger partial charge in [0.15, 0.2) is 0 Å². The van der Waals surface area contributed by atoms with E-state index in [1.165, 1.54) is 6.07 Å². The van der Waals surface area contributed by atoms with Gasteiger partial charge in [0.25, 0.3) is 0 Å². The molecule has 1 heterocycles. The van der Waals surface area contributed by atoms with Gasteiger partial charge in [0.1, 0.15) is 19.0 Å². The van der Waals surface area contributed by atoms with Crippen LogP contribution in [0, 0.1) is 6.92 Å². The Kier molecular flexibility index (Phi) is 4.57. The molecule has 0 fully saturated rings. The fourth-order valence-corrected chi connectivity index (χ4v) is 1.76. The first-order chi connectivity index (χ1) is 9.15. The molecule has 0 bridgehead atoms. The zero-order valence-electron chi connectivity index (χ0n) is 10.3. The number of hydrogen-bond donors (Lipinski definition) is 0. The first kappa shape index (κ1) is 13.6. The van der Waals surface area contributed by atoms with Crippen LogP contribution in [0.15, 0.2) is 39.3 Å². The molecule has 1 aromatic heterocycles. The van der Waals surface area contributed by atoms with Crippen molar-refractivity contribution in [2.24, 2.45) is 0 Å². The Balaban J connectivity index is 1.74. The summed E-state index contributed by atoms with van der Waals surface area (Å²) in [7, 11) is 0. The number of rotatable bonds is 5. The molecular formula is C13H12BrNO4. The maximum atomic E-state index is 11.5. The molecule has 2 aromatic rings. The van der Waals surface area contributed by atoms with Crippen molar-refractivity contribution in [2.45, 2.75) is 6.92 Å². The van der Waals surface area contributed by atoms with Crippen LogP contribution in [-0.2, 0) is 4.74 Å². The number of carbonyl (C=O) groups is 1. The summed E-state index contributed by atoms with van der Waals surface area (Å²) in [5.74, 6) is 0.263. The lowest BCUT2D eigenvalue weighted by molar-refractivity contribution is 0.0405. The average molecular weight is 326 g/mol. The summed E-state index contributed by atoms with van der Waals surface area (Å²) in [6.45, 7) is 2.15. The topological polar surface area (TPSA) is 61.6 Å². The molecular weight excluding hydrogens is 314 g/mol. The van der Waals surface area contributed by atoms with Crippen molar-refractivity contribution >= 4 is 21.9 Å². The van der Waals surface area contributed by atoms with Gasteiger partial charge in [0, 0.05) is 10.5 Å². The molecule has 0 aliphatic heterocycles. The monoisotopic (exact) mass is 325 g/mol. The Morgan fingerprint density at radius 3 is 2.89 bits per heavy atom. The van der Waals surface area contributed by atoms with E-state index in [2.05, 4.69) is 21.1 Å². The maximum absolute atomic E-state index is 11.5. The molecule has 0 unspecified atom stereocenters. The second kappa shape index (κ2) is 6.38. The molecule has 100 valence electrons. The van der Waals surface area contributed by atoms with Crippen molar-refractivity contribution in [3.63, 3.8) is 0 Å². The third kappa shape index (κ3) is 4.10. The van der Waals surface area contributed by atoms with Crippen molar-refractivity contribution in [1.82, 2.24) is 5.16 Å². The predicted molar refractivity (Wildman–Crippen MR) is 71.2 cm³/mol. The number of esters is 1. The molecule has 0 aliphatic rings. The fourth-order valence-electron chi connectivity index (χ4n) is 1.38. The summed E-state index contributed by atoms with van der Waals surface area (Å²) < 4.78 is 16.1. The second-order valence-electron chi connectivity index (χ2n) is 3.77. The van der Waals surface area contributed by atoms with Gasteiger partial charge in [0.05, 0.1) is 5.69 Å². The van der Waals surface area contributed by atoms with E-state index in [-0.39, 0.29) is 19.0 Å². The van der Waals surface area contributed by atoms with E-state index in [4.69, 9.17) is 14.0 Å². The van der Waals surface area contributed by atoms with E-state index < -0.39 is 5.97 Å². The number of nitrogens with zero attached hydrogens (tertiary/aromatic N) is 1. The minimum atomic E-state index is -0.543. The van der Waals surface area contributed by atoms with E-state index >= 15 is 0 Å². The summed E-state index contributed by atoms with van der Waals surface area (Å²) in [6, 6.07) is 8.95. The van der Waals surface area contributed by atoms with Crippen molar-refractivity contribution in [1.29, 1.82) is 0 Å². The second-order valence-corrected chi connectivity index (χ2v) is 4.69. The van der Waals surface area contributed by atoms with Gasteiger partial charge in [-0.1, -0.05) is 27.2 Å². The van der Waals surface area contributed by atoms with Crippen molar-refractivity contribution in [3.05, 3.63) is 46.3 Å². The average Bonchev–Trinajstić information content (AvgIpc) is 2.81. The number of halogens is 1. The van der Waals surface area contributed by atoms with Crippen LogP contribution in [0.4, 0.5) is 0 Å². The number of benzene rings is 1. The van der Waals surface area contributed by atoms with Gasteiger partial charge >= 0.3 is 5.97 Å². The molecule has 6 heteroatoms. The molecule has 0 atom stereocenters. The van der Waals surface area contributed by atoms with Crippen LogP contribution in [0.1, 0.15) is 16.2 Å². The first-order valence-corrected chi connectivity index (χ1v) is 6.43. The highest BCUT2D eigenvalue weighted by Crippen LogP contribution is 2.17. The number of carbonyl (C=O) groups excluding carboxylic acids is 1.